The summed E-state index contributed by atoms with van der Waals surface area (Å²) >= 11 is 0. The maximum absolute atomic E-state index is 11.9. The van der Waals surface area contributed by atoms with Gasteiger partial charge in [-0.05, 0) is 50.9 Å². The molecule has 0 aliphatic heterocycles. The fourth-order valence-corrected chi connectivity index (χ4v) is 4.14. The van der Waals surface area contributed by atoms with Crippen LogP contribution in [-0.4, -0.2) is 47.6 Å². The Bertz CT molecular complexity index is 808. The van der Waals surface area contributed by atoms with Crippen LogP contribution in [0, 0.1) is 5.92 Å². The van der Waals surface area contributed by atoms with Gasteiger partial charge in [-0.15, -0.1) is 0 Å². The SMILES string of the molecule is CC[C@H](O)/C=C/C=C\C/C=C\C/C=C\C/C=C\CCCC(=O)OC[C@H](O)COC(=O)CCCCCCCCCCC(C)C. The predicted molar refractivity (Wildman–Crippen MR) is 179 cm³/mol. The molecule has 0 fully saturated rings. The average molecular weight is 603 g/mol. The van der Waals surface area contributed by atoms with Gasteiger partial charge in [0.2, 0.25) is 0 Å². The Kier molecular flexibility index (Phi) is 29.2. The summed E-state index contributed by atoms with van der Waals surface area (Å²) in [5, 5.41) is 19.4. The zero-order valence-electron chi connectivity index (χ0n) is 27.5. The number of esters is 2. The van der Waals surface area contributed by atoms with Crippen LogP contribution in [0.2, 0.25) is 0 Å². The van der Waals surface area contributed by atoms with Crippen LogP contribution in [0.3, 0.4) is 0 Å². The molecule has 0 aromatic heterocycles. The van der Waals surface area contributed by atoms with Gasteiger partial charge in [-0.1, -0.05) is 133 Å². The second-order valence-electron chi connectivity index (χ2n) is 11.6. The first kappa shape index (κ1) is 40.6. The van der Waals surface area contributed by atoms with Crippen LogP contribution in [0.1, 0.15) is 130 Å². The third-order valence-electron chi connectivity index (χ3n) is 6.85. The largest absolute Gasteiger partial charge is 0.463 e. The van der Waals surface area contributed by atoms with Crippen LogP contribution < -0.4 is 0 Å². The molecule has 0 amide bonds. The quantitative estimate of drug-likeness (QED) is 0.0402. The lowest BCUT2D eigenvalue weighted by Crippen LogP contribution is -2.25. The molecule has 0 aliphatic rings. The highest BCUT2D eigenvalue weighted by atomic mass is 16.6. The van der Waals surface area contributed by atoms with Crippen molar-refractivity contribution in [1.29, 1.82) is 0 Å². The Morgan fingerprint density at radius 1 is 0.628 bits per heavy atom. The van der Waals surface area contributed by atoms with Crippen molar-refractivity contribution in [2.45, 2.75) is 142 Å². The minimum atomic E-state index is -0.996. The number of allylic oxidation sites excluding steroid dienone is 9. The third-order valence-corrected chi connectivity index (χ3v) is 6.85. The lowest BCUT2D eigenvalue weighted by molar-refractivity contribution is -0.152. The number of aliphatic hydroxyl groups is 2. The fourth-order valence-electron chi connectivity index (χ4n) is 4.14. The smallest absolute Gasteiger partial charge is 0.305 e. The molecule has 0 bridgehead atoms. The summed E-state index contributed by atoms with van der Waals surface area (Å²) in [6, 6.07) is 0. The van der Waals surface area contributed by atoms with Crippen molar-refractivity contribution in [1.82, 2.24) is 0 Å². The minimum absolute atomic E-state index is 0.145. The maximum Gasteiger partial charge on any atom is 0.305 e. The zero-order valence-corrected chi connectivity index (χ0v) is 27.5. The lowest BCUT2D eigenvalue weighted by atomic mass is 10.0. The van der Waals surface area contributed by atoms with Gasteiger partial charge in [0.25, 0.3) is 0 Å². The lowest BCUT2D eigenvalue weighted by Gasteiger charge is -2.12. The van der Waals surface area contributed by atoms with Crippen molar-refractivity contribution in [3.05, 3.63) is 60.8 Å². The highest BCUT2D eigenvalue weighted by molar-refractivity contribution is 5.69. The normalized spacial score (nSPS) is 13.8. The van der Waals surface area contributed by atoms with E-state index in [1.807, 2.05) is 19.1 Å². The number of hydrogen-bond acceptors (Lipinski definition) is 6. The second kappa shape index (κ2) is 31.0. The third kappa shape index (κ3) is 32.3. The molecule has 2 N–H and O–H groups in total. The number of rotatable bonds is 28. The van der Waals surface area contributed by atoms with E-state index in [0.29, 0.717) is 19.3 Å². The zero-order chi connectivity index (χ0) is 31.8. The van der Waals surface area contributed by atoms with Crippen molar-refractivity contribution < 1.29 is 29.3 Å². The first-order valence-electron chi connectivity index (χ1n) is 16.8. The molecule has 246 valence electrons. The summed E-state index contributed by atoms with van der Waals surface area (Å²) in [5.74, 6) is 0.141. The van der Waals surface area contributed by atoms with Crippen molar-refractivity contribution >= 4 is 11.9 Å². The summed E-state index contributed by atoms with van der Waals surface area (Å²) in [5.41, 5.74) is 0. The van der Waals surface area contributed by atoms with Gasteiger partial charge in [0, 0.05) is 12.8 Å². The molecule has 0 radical (unpaired) electrons. The maximum atomic E-state index is 11.9. The molecule has 2 atom stereocenters. The number of ether oxygens (including phenoxy) is 2. The first-order chi connectivity index (χ1) is 20.8. The van der Waals surface area contributed by atoms with E-state index in [4.69, 9.17) is 9.47 Å². The van der Waals surface area contributed by atoms with Crippen LogP contribution in [-0.2, 0) is 19.1 Å². The van der Waals surface area contributed by atoms with E-state index in [1.165, 1.54) is 38.5 Å². The Morgan fingerprint density at radius 3 is 1.67 bits per heavy atom. The van der Waals surface area contributed by atoms with Crippen LogP contribution in [0.15, 0.2) is 60.8 Å². The van der Waals surface area contributed by atoms with E-state index in [-0.39, 0.29) is 31.3 Å². The molecule has 0 unspecified atom stereocenters. The molecular weight excluding hydrogens is 540 g/mol. The van der Waals surface area contributed by atoms with E-state index >= 15 is 0 Å². The van der Waals surface area contributed by atoms with Gasteiger partial charge >= 0.3 is 11.9 Å². The Morgan fingerprint density at radius 2 is 1.12 bits per heavy atom. The molecule has 0 heterocycles. The highest BCUT2D eigenvalue weighted by Crippen LogP contribution is 2.13. The molecule has 0 rings (SSSR count). The van der Waals surface area contributed by atoms with Gasteiger partial charge in [0.15, 0.2) is 0 Å². The van der Waals surface area contributed by atoms with Crippen molar-refractivity contribution in [3.63, 3.8) is 0 Å². The summed E-state index contributed by atoms with van der Waals surface area (Å²) in [6.07, 6.45) is 35.2. The Labute approximate surface area is 263 Å². The Balaban J connectivity index is 3.63. The predicted octanol–water partition coefficient (Wildman–Crippen LogP) is 8.88. The van der Waals surface area contributed by atoms with Gasteiger partial charge in [0.1, 0.15) is 19.3 Å². The molecule has 0 aromatic rings. The van der Waals surface area contributed by atoms with E-state index < -0.39 is 6.10 Å². The number of carbonyl (C=O) groups is 2. The molecule has 0 aliphatic carbocycles. The van der Waals surface area contributed by atoms with Gasteiger partial charge in [-0.3, -0.25) is 9.59 Å². The Hall–Kier alpha value is -2.44. The standard InChI is InChI=1S/C37H62O6/c1-4-34(38)28-24-20-16-11-9-7-5-6-8-10-12-17-21-25-29-36(40)42-31-35(39)32-43-37(41)30-26-22-18-14-13-15-19-23-27-33(2)3/h6-9,12,16-17,20,24,28,33-35,38-39H,4-5,10-11,13-15,18-19,21-23,25-27,29-32H2,1-3H3/b8-6-,9-7-,17-12-,20-16-,28-24+/t34-,35-/m0/s1. The highest BCUT2D eigenvalue weighted by Gasteiger charge is 2.12. The average Bonchev–Trinajstić information content (AvgIpc) is 2.99. The van der Waals surface area contributed by atoms with E-state index in [2.05, 4.69) is 56.4 Å². The monoisotopic (exact) mass is 602 g/mol. The number of hydrogen-bond donors (Lipinski definition) is 2. The number of carbonyl (C=O) groups excluding carboxylic acids is 2. The number of aliphatic hydroxyl groups excluding tert-OH is 2. The van der Waals surface area contributed by atoms with Crippen molar-refractivity contribution in [2.24, 2.45) is 5.92 Å². The molecule has 0 saturated heterocycles. The molecule has 6 heteroatoms. The van der Waals surface area contributed by atoms with Crippen LogP contribution >= 0.6 is 0 Å². The number of unbranched alkanes of at least 4 members (excludes halogenated alkanes) is 8. The van der Waals surface area contributed by atoms with E-state index in [0.717, 1.165) is 57.3 Å². The summed E-state index contributed by atoms with van der Waals surface area (Å²) < 4.78 is 10.2. The molecular formula is C37H62O6. The summed E-state index contributed by atoms with van der Waals surface area (Å²) in [4.78, 5) is 23.8. The van der Waals surface area contributed by atoms with E-state index in [9.17, 15) is 19.8 Å². The molecule has 43 heavy (non-hydrogen) atoms. The minimum Gasteiger partial charge on any atom is -0.463 e. The topological polar surface area (TPSA) is 93.1 Å². The van der Waals surface area contributed by atoms with Crippen LogP contribution in [0.4, 0.5) is 0 Å². The van der Waals surface area contributed by atoms with Gasteiger partial charge in [0.05, 0.1) is 6.10 Å². The van der Waals surface area contributed by atoms with Crippen LogP contribution in [0.25, 0.3) is 0 Å². The second-order valence-corrected chi connectivity index (χ2v) is 11.6. The summed E-state index contributed by atoms with van der Waals surface area (Å²) in [7, 11) is 0. The molecule has 0 saturated carbocycles. The molecule has 0 spiro atoms. The van der Waals surface area contributed by atoms with Gasteiger partial charge in [-0.2, -0.15) is 0 Å². The first-order valence-corrected chi connectivity index (χ1v) is 16.8. The fraction of sp³-hybridized carbons (Fsp3) is 0.676. The van der Waals surface area contributed by atoms with Crippen molar-refractivity contribution in [2.75, 3.05) is 13.2 Å². The van der Waals surface area contributed by atoms with Crippen molar-refractivity contribution in [3.8, 4) is 0 Å². The molecule has 0 aromatic carbocycles. The molecule has 6 nitrogen and oxygen atoms in total. The van der Waals surface area contributed by atoms with Gasteiger partial charge < -0.3 is 19.7 Å². The van der Waals surface area contributed by atoms with Crippen LogP contribution in [0.5, 0.6) is 0 Å². The summed E-state index contributed by atoms with van der Waals surface area (Å²) in [6.45, 7) is 6.19. The van der Waals surface area contributed by atoms with E-state index in [1.54, 1.807) is 6.08 Å². The van der Waals surface area contributed by atoms with Gasteiger partial charge in [-0.25, -0.2) is 0 Å².